The number of nitrogens with zero attached hydrogens (tertiary/aromatic N) is 1. The fourth-order valence-corrected chi connectivity index (χ4v) is 4.80. The molecule has 14 heavy (non-hydrogen) atoms. The van der Waals surface area contributed by atoms with Crippen LogP contribution in [-0.2, 0) is 4.79 Å². The Bertz CT molecular complexity index is 222. The lowest BCUT2D eigenvalue weighted by molar-refractivity contribution is -0.139. The molecule has 0 aliphatic carbocycles. The summed E-state index contributed by atoms with van der Waals surface area (Å²) in [7, 11) is 0. The molecule has 2 nitrogen and oxygen atoms in total. The molecule has 2 aliphatic heterocycles. The highest BCUT2D eigenvalue weighted by atomic mass is 32.2. The molecule has 0 radical (unpaired) electrons. The van der Waals surface area contributed by atoms with Crippen molar-refractivity contribution in [3.8, 4) is 0 Å². The minimum absolute atomic E-state index is 0.291. The summed E-state index contributed by atoms with van der Waals surface area (Å²) in [5.41, 5.74) is 0. The Morgan fingerprint density at radius 1 is 1.57 bits per heavy atom. The van der Waals surface area contributed by atoms with E-state index in [2.05, 4.69) is 6.92 Å². The number of amides is 1. The molecule has 2 atom stereocenters. The molecule has 1 amide bonds. The van der Waals surface area contributed by atoms with Crippen molar-refractivity contribution in [3.05, 3.63) is 0 Å². The summed E-state index contributed by atoms with van der Waals surface area (Å²) in [4.78, 5) is 13.6. The van der Waals surface area contributed by atoms with Gasteiger partial charge in [-0.15, -0.1) is 23.5 Å². The molecule has 0 aromatic heterocycles. The van der Waals surface area contributed by atoms with Crippen molar-refractivity contribution in [2.75, 3.05) is 18.1 Å². The molecule has 1 unspecified atom stereocenters. The minimum atomic E-state index is 0.291. The number of hydrogen-bond acceptors (Lipinski definition) is 3. The van der Waals surface area contributed by atoms with Crippen LogP contribution in [0.2, 0.25) is 0 Å². The van der Waals surface area contributed by atoms with Gasteiger partial charge in [-0.05, 0) is 12.2 Å². The Morgan fingerprint density at radius 3 is 3.21 bits per heavy atom. The van der Waals surface area contributed by atoms with Crippen molar-refractivity contribution in [1.82, 2.24) is 4.90 Å². The lowest BCUT2D eigenvalue weighted by Gasteiger charge is -2.41. The van der Waals surface area contributed by atoms with E-state index in [1.54, 1.807) is 0 Å². The van der Waals surface area contributed by atoms with E-state index in [-0.39, 0.29) is 0 Å². The summed E-state index contributed by atoms with van der Waals surface area (Å²) in [5, 5.41) is 0.813. The van der Waals surface area contributed by atoms with Crippen LogP contribution in [0.3, 0.4) is 0 Å². The quantitative estimate of drug-likeness (QED) is 0.534. The number of carbonyl (C=O) groups is 1. The first-order valence-corrected chi connectivity index (χ1v) is 7.48. The SMILES string of the molecule is CCCCCSC1C(=O)N2CCS[C@H]12. The summed E-state index contributed by atoms with van der Waals surface area (Å²) in [6, 6.07) is 0. The summed E-state index contributed by atoms with van der Waals surface area (Å²) >= 11 is 3.83. The first kappa shape index (κ1) is 10.7. The standard InChI is InChI=1S/C10H17NOS2/c1-2-3-4-6-13-8-9(12)11-5-7-14-10(8)11/h8,10H,2-7H2,1H3/t8?,10-/m1/s1. The van der Waals surface area contributed by atoms with E-state index < -0.39 is 0 Å². The van der Waals surface area contributed by atoms with E-state index in [1.807, 2.05) is 28.4 Å². The lowest BCUT2D eigenvalue weighted by Crippen LogP contribution is -2.58. The molecule has 0 saturated carbocycles. The second kappa shape index (κ2) is 4.79. The predicted octanol–water partition coefficient (Wildman–Crippen LogP) is 2.19. The maximum absolute atomic E-state index is 11.6. The molecular weight excluding hydrogens is 214 g/mol. The van der Waals surface area contributed by atoms with Gasteiger partial charge in [-0.2, -0.15) is 0 Å². The largest absolute Gasteiger partial charge is 0.327 e. The minimum Gasteiger partial charge on any atom is -0.327 e. The van der Waals surface area contributed by atoms with Crippen molar-refractivity contribution in [2.24, 2.45) is 0 Å². The van der Waals surface area contributed by atoms with E-state index in [9.17, 15) is 4.79 Å². The smallest absolute Gasteiger partial charge is 0.239 e. The molecule has 0 aromatic rings. The van der Waals surface area contributed by atoms with Gasteiger partial charge >= 0.3 is 0 Å². The highest BCUT2D eigenvalue weighted by molar-refractivity contribution is 8.04. The predicted molar refractivity (Wildman–Crippen MR) is 63.7 cm³/mol. The highest BCUT2D eigenvalue weighted by Gasteiger charge is 2.50. The van der Waals surface area contributed by atoms with Crippen LogP contribution in [0.4, 0.5) is 0 Å². The molecule has 0 bridgehead atoms. The van der Waals surface area contributed by atoms with Crippen molar-refractivity contribution in [3.63, 3.8) is 0 Å². The van der Waals surface area contributed by atoms with Crippen molar-refractivity contribution in [1.29, 1.82) is 0 Å². The molecule has 2 aliphatic rings. The van der Waals surface area contributed by atoms with Gasteiger partial charge in [0.2, 0.25) is 5.91 Å². The zero-order valence-electron chi connectivity index (χ0n) is 8.57. The Hall–Kier alpha value is 0.170. The average molecular weight is 231 g/mol. The monoisotopic (exact) mass is 231 g/mol. The molecule has 2 rings (SSSR count). The van der Waals surface area contributed by atoms with Crippen molar-refractivity contribution >= 4 is 29.4 Å². The van der Waals surface area contributed by atoms with Gasteiger partial charge in [0.05, 0.1) is 5.37 Å². The number of thioether (sulfide) groups is 2. The molecule has 0 N–H and O–H groups in total. The Balaban J connectivity index is 1.69. The Labute approximate surface area is 94.2 Å². The van der Waals surface area contributed by atoms with Gasteiger partial charge in [0.15, 0.2) is 0 Å². The van der Waals surface area contributed by atoms with Crippen molar-refractivity contribution < 1.29 is 4.79 Å². The second-order valence-corrected chi connectivity index (χ2v) is 6.27. The van der Waals surface area contributed by atoms with E-state index >= 15 is 0 Å². The normalized spacial score (nSPS) is 30.4. The molecule has 4 heteroatoms. The zero-order valence-corrected chi connectivity index (χ0v) is 10.2. The van der Waals surface area contributed by atoms with Gasteiger partial charge in [0.25, 0.3) is 0 Å². The molecule has 0 spiro atoms. The number of β-lactam (4-membered cyclic amide) rings is 1. The maximum Gasteiger partial charge on any atom is 0.239 e. The van der Waals surface area contributed by atoms with Gasteiger partial charge < -0.3 is 4.90 Å². The van der Waals surface area contributed by atoms with Gasteiger partial charge in [-0.25, -0.2) is 0 Å². The van der Waals surface area contributed by atoms with Crippen LogP contribution in [0.1, 0.15) is 26.2 Å². The number of rotatable bonds is 5. The first-order valence-electron chi connectivity index (χ1n) is 5.38. The van der Waals surface area contributed by atoms with Crippen LogP contribution < -0.4 is 0 Å². The van der Waals surface area contributed by atoms with Crippen molar-refractivity contribution in [2.45, 2.75) is 36.8 Å². The molecule has 2 heterocycles. The summed E-state index contributed by atoms with van der Waals surface area (Å²) in [6.45, 7) is 3.20. The number of carbonyl (C=O) groups excluding carboxylic acids is 1. The van der Waals surface area contributed by atoms with E-state index in [0.717, 1.165) is 18.1 Å². The third kappa shape index (κ3) is 1.91. The fraction of sp³-hybridized carbons (Fsp3) is 0.900. The van der Waals surface area contributed by atoms with Crippen LogP contribution in [0.25, 0.3) is 0 Å². The van der Waals surface area contributed by atoms with E-state index in [1.165, 1.54) is 19.3 Å². The Kier molecular flexibility index (Phi) is 3.66. The molecular formula is C10H17NOS2. The molecule has 80 valence electrons. The molecule has 2 saturated heterocycles. The van der Waals surface area contributed by atoms with Crippen LogP contribution in [0.15, 0.2) is 0 Å². The maximum atomic E-state index is 11.6. The highest BCUT2D eigenvalue weighted by Crippen LogP contribution is 2.41. The number of fused-ring (bicyclic) bond motifs is 1. The van der Waals surface area contributed by atoms with Gasteiger partial charge in [0, 0.05) is 12.3 Å². The van der Waals surface area contributed by atoms with E-state index in [4.69, 9.17) is 0 Å². The molecule has 0 aromatic carbocycles. The van der Waals surface area contributed by atoms with E-state index in [0.29, 0.717) is 16.5 Å². The summed E-state index contributed by atoms with van der Waals surface area (Å²) < 4.78 is 0. The van der Waals surface area contributed by atoms with Crippen LogP contribution in [-0.4, -0.2) is 39.5 Å². The topological polar surface area (TPSA) is 20.3 Å². The van der Waals surface area contributed by atoms with Crippen LogP contribution in [0.5, 0.6) is 0 Å². The number of hydrogen-bond donors (Lipinski definition) is 0. The molecule has 2 fully saturated rings. The first-order chi connectivity index (χ1) is 6.84. The lowest BCUT2D eigenvalue weighted by atomic mass is 10.2. The van der Waals surface area contributed by atoms with Gasteiger partial charge in [-0.3, -0.25) is 4.79 Å². The number of unbranched alkanes of at least 4 members (excludes halogenated alkanes) is 2. The van der Waals surface area contributed by atoms with Gasteiger partial charge in [-0.1, -0.05) is 19.8 Å². The third-order valence-corrected chi connectivity index (χ3v) is 5.56. The second-order valence-electron chi connectivity index (χ2n) is 3.79. The summed E-state index contributed by atoms with van der Waals surface area (Å²) in [6.07, 6.45) is 3.83. The fourth-order valence-electron chi connectivity index (χ4n) is 1.89. The van der Waals surface area contributed by atoms with Crippen LogP contribution >= 0.6 is 23.5 Å². The Morgan fingerprint density at radius 2 is 2.43 bits per heavy atom. The average Bonchev–Trinajstić information content (AvgIpc) is 2.62. The summed E-state index contributed by atoms with van der Waals surface area (Å²) in [5.74, 6) is 2.69. The zero-order chi connectivity index (χ0) is 9.97. The van der Waals surface area contributed by atoms with Crippen LogP contribution in [0, 0.1) is 0 Å². The van der Waals surface area contributed by atoms with Gasteiger partial charge in [0.1, 0.15) is 5.25 Å². The third-order valence-electron chi connectivity index (χ3n) is 2.76.